The van der Waals surface area contributed by atoms with Crippen LogP contribution in [0.25, 0.3) is 0 Å². The van der Waals surface area contributed by atoms with Gasteiger partial charge in [-0.1, -0.05) is 6.07 Å². The number of hydrogen-bond acceptors (Lipinski definition) is 7. The van der Waals surface area contributed by atoms with E-state index in [9.17, 15) is 9.90 Å². The quantitative estimate of drug-likeness (QED) is 0.744. The minimum atomic E-state index is -0.422. The Kier molecular flexibility index (Phi) is 9.88. The van der Waals surface area contributed by atoms with Crippen molar-refractivity contribution in [2.45, 2.75) is 6.10 Å². The number of carbonyl (C=O) groups is 1. The second-order valence-corrected chi connectivity index (χ2v) is 7.37. The highest BCUT2D eigenvalue weighted by Crippen LogP contribution is 2.20. The van der Waals surface area contributed by atoms with E-state index in [1.807, 2.05) is 22.9 Å². The molecule has 0 radical (unpaired) electrons. The lowest BCUT2D eigenvalue weighted by Crippen LogP contribution is -2.49. The van der Waals surface area contributed by atoms with E-state index in [-0.39, 0.29) is 30.7 Å². The fraction of sp³-hybridized carbons (Fsp3) is 0.467. The zero-order valence-corrected chi connectivity index (χ0v) is 16.8. The van der Waals surface area contributed by atoms with E-state index in [0.29, 0.717) is 18.2 Å². The Bertz CT molecular complexity index is 605. The molecule has 0 aliphatic carbocycles. The topological polar surface area (TPSA) is 68.7 Å². The van der Waals surface area contributed by atoms with Gasteiger partial charge in [-0.25, -0.2) is 4.98 Å². The first-order valence-electron chi connectivity index (χ1n) is 7.56. The number of piperazine rings is 1. The molecule has 1 aliphatic rings. The van der Waals surface area contributed by atoms with Gasteiger partial charge in [-0.05, 0) is 11.4 Å². The summed E-state index contributed by atoms with van der Waals surface area (Å²) in [5.41, 5.74) is 0. The van der Waals surface area contributed by atoms with Crippen molar-refractivity contribution in [1.29, 1.82) is 0 Å². The first-order valence-corrected chi connectivity index (χ1v) is 9.32. The molecule has 2 aromatic rings. The third-order valence-electron chi connectivity index (χ3n) is 3.81. The Balaban J connectivity index is 0.00000156. The molecule has 0 aromatic carbocycles. The maximum Gasteiger partial charge on any atom is 0.240 e. The Morgan fingerprint density at radius 2 is 1.92 bits per heavy atom. The fourth-order valence-corrected chi connectivity index (χ4v) is 3.84. The highest BCUT2D eigenvalue weighted by Gasteiger charge is 2.21. The number of amides is 1. The number of nitrogens with zero attached hydrogens (tertiary/aromatic N) is 3. The molecule has 3 rings (SSSR count). The minimum Gasteiger partial charge on any atom is -0.386 e. The van der Waals surface area contributed by atoms with Gasteiger partial charge in [0.1, 0.15) is 6.10 Å². The molecule has 140 valence electrons. The van der Waals surface area contributed by atoms with Crippen LogP contribution in [0.4, 0.5) is 5.13 Å². The van der Waals surface area contributed by atoms with Gasteiger partial charge in [0.15, 0.2) is 5.13 Å². The van der Waals surface area contributed by atoms with Gasteiger partial charge in [0, 0.05) is 49.2 Å². The first kappa shape index (κ1) is 22.3. The van der Waals surface area contributed by atoms with Crippen molar-refractivity contribution in [2.75, 3.05) is 44.6 Å². The average molecular weight is 425 g/mol. The average Bonchev–Trinajstić information content (AvgIpc) is 3.22. The number of halogens is 2. The van der Waals surface area contributed by atoms with Crippen LogP contribution in [0.1, 0.15) is 11.0 Å². The largest absolute Gasteiger partial charge is 0.386 e. The SMILES string of the molecule is Cl.Cl.O=C(CN1CCN(CC(O)c2cccs2)CC1)Nc1nccs1. The number of anilines is 1. The van der Waals surface area contributed by atoms with Crippen LogP contribution in [0.3, 0.4) is 0 Å². The molecule has 2 N–H and O–H groups in total. The Morgan fingerprint density at radius 1 is 1.20 bits per heavy atom. The van der Waals surface area contributed by atoms with Crippen LogP contribution < -0.4 is 5.32 Å². The Morgan fingerprint density at radius 3 is 2.52 bits per heavy atom. The van der Waals surface area contributed by atoms with Crippen molar-refractivity contribution in [3.05, 3.63) is 34.0 Å². The number of nitrogens with one attached hydrogen (secondary N) is 1. The third kappa shape index (κ3) is 6.82. The van der Waals surface area contributed by atoms with Crippen LogP contribution in [0.2, 0.25) is 0 Å². The van der Waals surface area contributed by atoms with Crippen molar-refractivity contribution >= 4 is 58.5 Å². The number of carbonyl (C=O) groups excluding carboxylic acids is 1. The van der Waals surface area contributed by atoms with Gasteiger partial charge in [-0.2, -0.15) is 0 Å². The summed E-state index contributed by atoms with van der Waals surface area (Å²) in [7, 11) is 0. The molecule has 10 heteroatoms. The summed E-state index contributed by atoms with van der Waals surface area (Å²) in [5, 5.41) is 17.5. The predicted molar refractivity (Wildman–Crippen MR) is 107 cm³/mol. The van der Waals surface area contributed by atoms with Crippen LogP contribution in [0.15, 0.2) is 29.1 Å². The molecule has 0 bridgehead atoms. The maximum atomic E-state index is 12.0. The number of thiophene rings is 1. The molecule has 1 fully saturated rings. The standard InChI is InChI=1S/C15H20N4O2S2.2ClH/c20-12(13-2-1-8-22-13)10-18-4-6-19(7-5-18)11-14(21)17-15-16-3-9-23-15;;/h1-3,8-9,12,20H,4-7,10-11H2,(H,16,17,21);2*1H. The Hall–Kier alpha value is -0.740. The molecule has 0 saturated carbocycles. The van der Waals surface area contributed by atoms with Gasteiger partial charge in [0.05, 0.1) is 6.54 Å². The first-order chi connectivity index (χ1) is 11.2. The highest BCUT2D eigenvalue weighted by atomic mass is 35.5. The van der Waals surface area contributed by atoms with Gasteiger partial charge >= 0.3 is 0 Å². The molecule has 1 atom stereocenters. The second-order valence-electron chi connectivity index (χ2n) is 5.49. The van der Waals surface area contributed by atoms with Gasteiger partial charge < -0.3 is 10.4 Å². The smallest absolute Gasteiger partial charge is 0.240 e. The third-order valence-corrected chi connectivity index (χ3v) is 5.48. The summed E-state index contributed by atoms with van der Waals surface area (Å²) in [5.74, 6) is -0.0213. The molecule has 1 aliphatic heterocycles. The summed E-state index contributed by atoms with van der Waals surface area (Å²) >= 11 is 3.01. The number of hydrogen-bond donors (Lipinski definition) is 2. The molecular weight excluding hydrogens is 403 g/mol. The van der Waals surface area contributed by atoms with Crippen molar-refractivity contribution < 1.29 is 9.90 Å². The van der Waals surface area contributed by atoms with Crippen LogP contribution in [0.5, 0.6) is 0 Å². The number of aliphatic hydroxyl groups excluding tert-OH is 1. The van der Waals surface area contributed by atoms with Crippen LogP contribution in [-0.2, 0) is 4.79 Å². The molecule has 6 nitrogen and oxygen atoms in total. The predicted octanol–water partition coefficient (Wildman–Crippen LogP) is 2.34. The van der Waals surface area contributed by atoms with E-state index in [0.717, 1.165) is 31.1 Å². The number of aliphatic hydroxyl groups is 1. The molecule has 1 saturated heterocycles. The lowest BCUT2D eigenvalue weighted by Gasteiger charge is -2.35. The number of rotatable bonds is 6. The van der Waals surface area contributed by atoms with Gasteiger partial charge in [0.25, 0.3) is 0 Å². The highest BCUT2D eigenvalue weighted by molar-refractivity contribution is 7.13. The summed E-state index contributed by atoms with van der Waals surface area (Å²) in [6.07, 6.45) is 1.26. The number of β-amino-alcohol motifs (C(OH)–C–C–N with tert-alkyl or cyclic N) is 1. The molecule has 1 amide bonds. The van der Waals surface area contributed by atoms with Crippen LogP contribution in [0, 0.1) is 0 Å². The molecule has 25 heavy (non-hydrogen) atoms. The van der Waals surface area contributed by atoms with E-state index in [1.54, 1.807) is 17.5 Å². The zero-order valence-electron chi connectivity index (χ0n) is 13.5. The Labute approximate surface area is 167 Å². The van der Waals surface area contributed by atoms with Crippen molar-refractivity contribution in [1.82, 2.24) is 14.8 Å². The maximum absolute atomic E-state index is 12.0. The van der Waals surface area contributed by atoms with Crippen LogP contribution >= 0.6 is 47.5 Å². The lowest BCUT2D eigenvalue weighted by molar-refractivity contribution is -0.117. The lowest BCUT2D eigenvalue weighted by atomic mass is 10.2. The molecule has 2 aromatic heterocycles. The number of aromatic nitrogens is 1. The fourth-order valence-electron chi connectivity index (χ4n) is 2.59. The molecule has 1 unspecified atom stereocenters. The monoisotopic (exact) mass is 424 g/mol. The molecule has 0 spiro atoms. The van der Waals surface area contributed by atoms with Crippen molar-refractivity contribution in [3.8, 4) is 0 Å². The van der Waals surface area contributed by atoms with E-state index in [4.69, 9.17) is 0 Å². The summed E-state index contributed by atoms with van der Waals surface area (Å²) in [6.45, 7) is 4.45. The van der Waals surface area contributed by atoms with E-state index >= 15 is 0 Å². The normalized spacial score (nSPS) is 16.5. The second kappa shape index (κ2) is 11.1. The van der Waals surface area contributed by atoms with Gasteiger partial charge in [-0.3, -0.25) is 14.6 Å². The van der Waals surface area contributed by atoms with Crippen molar-refractivity contribution in [2.24, 2.45) is 0 Å². The van der Waals surface area contributed by atoms with E-state index < -0.39 is 6.10 Å². The van der Waals surface area contributed by atoms with Gasteiger partial charge in [-0.15, -0.1) is 47.5 Å². The minimum absolute atomic E-state index is 0. The van der Waals surface area contributed by atoms with E-state index in [1.165, 1.54) is 11.3 Å². The summed E-state index contributed by atoms with van der Waals surface area (Å²) in [6, 6.07) is 3.93. The molecule has 3 heterocycles. The van der Waals surface area contributed by atoms with Gasteiger partial charge in [0.2, 0.25) is 5.91 Å². The van der Waals surface area contributed by atoms with Crippen LogP contribution in [-0.4, -0.2) is 65.1 Å². The molecular formula is C15H22Cl2N4O2S2. The summed E-state index contributed by atoms with van der Waals surface area (Å²) in [4.78, 5) is 21.4. The van der Waals surface area contributed by atoms with E-state index in [2.05, 4.69) is 20.1 Å². The zero-order chi connectivity index (χ0) is 16.1. The van der Waals surface area contributed by atoms with Crippen molar-refractivity contribution in [3.63, 3.8) is 0 Å². The number of thiazole rings is 1. The summed E-state index contributed by atoms with van der Waals surface area (Å²) < 4.78 is 0.